The highest BCUT2D eigenvalue weighted by molar-refractivity contribution is 7.89. The maximum Gasteiger partial charge on any atom is 0.335 e. The lowest BCUT2D eigenvalue weighted by Crippen LogP contribution is -2.08. The fourth-order valence-electron chi connectivity index (χ4n) is 1.93. The Morgan fingerprint density at radius 2 is 1.62 bits per heavy atom. The highest BCUT2D eigenvalue weighted by Crippen LogP contribution is 2.16. The molecular formula is C15H13ClO4S. The summed E-state index contributed by atoms with van der Waals surface area (Å²) in [6.07, 6.45) is 0. The van der Waals surface area contributed by atoms with Crippen LogP contribution in [0.1, 0.15) is 21.5 Å². The minimum Gasteiger partial charge on any atom is -0.478 e. The molecule has 0 aromatic heterocycles. The zero-order valence-corrected chi connectivity index (χ0v) is 12.6. The number of hydrogen-bond acceptors (Lipinski definition) is 3. The van der Waals surface area contributed by atoms with E-state index in [-0.39, 0.29) is 17.1 Å². The number of hydrogen-bond donors (Lipinski definition) is 1. The van der Waals surface area contributed by atoms with Crippen LogP contribution in [0.5, 0.6) is 0 Å². The van der Waals surface area contributed by atoms with Crippen molar-refractivity contribution < 1.29 is 18.3 Å². The van der Waals surface area contributed by atoms with Gasteiger partial charge < -0.3 is 5.11 Å². The zero-order valence-electron chi connectivity index (χ0n) is 11.0. The van der Waals surface area contributed by atoms with Crippen LogP contribution in [0.25, 0.3) is 0 Å². The summed E-state index contributed by atoms with van der Waals surface area (Å²) in [7, 11) is -3.38. The fourth-order valence-corrected chi connectivity index (χ4v) is 3.55. The van der Waals surface area contributed by atoms with E-state index in [0.717, 1.165) is 0 Å². The van der Waals surface area contributed by atoms with Crippen molar-refractivity contribution in [2.45, 2.75) is 11.5 Å². The molecule has 1 N–H and O–H groups in total. The van der Waals surface area contributed by atoms with Gasteiger partial charge in [0, 0.05) is 5.02 Å². The van der Waals surface area contributed by atoms with Gasteiger partial charge in [-0.2, -0.15) is 0 Å². The molecule has 0 aliphatic rings. The molecule has 0 amide bonds. The van der Waals surface area contributed by atoms with Crippen LogP contribution in [0.4, 0.5) is 0 Å². The van der Waals surface area contributed by atoms with Gasteiger partial charge in [0.1, 0.15) is 0 Å². The highest BCUT2D eigenvalue weighted by Gasteiger charge is 2.14. The molecule has 0 aliphatic carbocycles. The molecule has 0 bridgehead atoms. The van der Waals surface area contributed by atoms with Crippen molar-refractivity contribution in [3.63, 3.8) is 0 Å². The number of aromatic carboxylic acids is 1. The van der Waals surface area contributed by atoms with Gasteiger partial charge in [-0.15, -0.1) is 0 Å². The smallest absolute Gasteiger partial charge is 0.335 e. The highest BCUT2D eigenvalue weighted by atomic mass is 35.5. The summed E-state index contributed by atoms with van der Waals surface area (Å²) in [5, 5.41) is 9.45. The van der Waals surface area contributed by atoms with Crippen molar-refractivity contribution in [3.05, 3.63) is 70.2 Å². The van der Waals surface area contributed by atoms with E-state index < -0.39 is 15.8 Å². The largest absolute Gasteiger partial charge is 0.478 e. The standard InChI is InChI=1S/C15H13ClO4S/c16-14-6-4-11(5-7-14)9-21(19,20)10-12-2-1-3-13(8-12)15(17)18/h1-8H,9-10H2,(H,17,18). The quantitative estimate of drug-likeness (QED) is 0.917. The lowest BCUT2D eigenvalue weighted by molar-refractivity contribution is 0.0696. The average Bonchev–Trinajstić information content (AvgIpc) is 2.41. The topological polar surface area (TPSA) is 71.4 Å². The molecule has 110 valence electrons. The summed E-state index contributed by atoms with van der Waals surface area (Å²) < 4.78 is 24.3. The number of carboxylic acid groups (broad SMARTS) is 1. The van der Waals surface area contributed by atoms with Crippen molar-refractivity contribution >= 4 is 27.4 Å². The second-order valence-corrected chi connectivity index (χ2v) is 7.17. The number of sulfone groups is 1. The minimum atomic E-state index is -3.38. The third kappa shape index (κ3) is 4.58. The molecule has 6 heteroatoms. The maximum absolute atomic E-state index is 12.2. The molecule has 2 aromatic carbocycles. The van der Waals surface area contributed by atoms with Crippen molar-refractivity contribution in [2.75, 3.05) is 0 Å². The van der Waals surface area contributed by atoms with Gasteiger partial charge in [0.25, 0.3) is 0 Å². The monoisotopic (exact) mass is 324 g/mol. The summed E-state index contributed by atoms with van der Waals surface area (Å²) in [5.74, 6) is -1.38. The molecule has 2 rings (SSSR count). The van der Waals surface area contributed by atoms with E-state index in [1.165, 1.54) is 18.2 Å². The summed E-state index contributed by atoms with van der Waals surface area (Å²) in [6, 6.07) is 12.5. The van der Waals surface area contributed by atoms with E-state index in [1.807, 2.05) is 0 Å². The first-order chi connectivity index (χ1) is 9.85. The van der Waals surface area contributed by atoms with Crippen molar-refractivity contribution in [2.24, 2.45) is 0 Å². The van der Waals surface area contributed by atoms with Gasteiger partial charge >= 0.3 is 5.97 Å². The first kappa shape index (κ1) is 15.5. The second kappa shape index (κ2) is 6.28. The Kier molecular flexibility index (Phi) is 4.65. The number of carboxylic acids is 1. The predicted octanol–water partition coefficient (Wildman–Crippen LogP) is 3.15. The van der Waals surface area contributed by atoms with Crippen LogP contribution in [-0.2, 0) is 21.3 Å². The van der Waals surface area contributed by atoms with Crippen LogP contribution in [0.2, 0.25) is 5.02 Å². The van der Waals surface area contributed by atoms with Gasteiger partial charge in [-0.1, -0.05) is 35.9 Å². The summed E-state index contributed by atoms with van der Waals surface area (Å²) in [5.41, 5.74) is 1.19. The lowest BCUT2D eigenvalue weighted by Gasteiger charge is -2.06. The Morgan fingerprint density at radius 3 is 2.24 bits per heavy atom. The van der Waals surface area contributed by atoms with Gasteiger partial charge in [-0.3, -0.25) is 0 Å². The van der Waals surface area contributed by atoms with E-state index in [2.05, 4.69) is 0 Å². The molecule has 4 nitrogen and oxygen atoms in total. The normalized spacial score (nSPS) is 11.3. The van der Waals surface area contributed by atoms with Gasteiger partial charge in [0.15, 0.2) is 9.84 Å². The third-order valence-electron chi connectivity index (χ3n) is 2.86. The van der Waals surface area contributed by atoms with Crippen molar-refractivity contribution in [1.82, 2.24) is 0 Å². The van der Waals surface area contributed by atoms with Crippen LogP contribution in [0.3, 0.4) is 0 Å². The van der Waals surface area contributed by atoms with Gasteiger partial charge in [0.05, 0.1) is 17.1 Å². The van der Waals surface area contributed by atoms with Gasteiger partial charge in [-0.05, 0) is 35.4 Å². The second-order valence-electron chi connectivity index (χ2n) is 4.66. The Bertz CT molecular complexity index is 751. The van der Waals surface area contributed by atoms with E-state index in [4.69, 9.17) is 16.7 Å². The Balaban J connectivity index is 2.15. The van der Waals surface area contributed by atoms with E-state index >= 15 is 0 Å². The Morgan fingerprint density at radius 1 is 1.00 bits per heavy atom. The van der Waals surface area contributed by atoms with Crippen molar-refractivity contribution in [3.8, 4) is 0 Å². The molecule has 0 radical (unpaired) electrons. The Labute approximate surface area is 127 Å². The number of rotatable bonds is 5. The minimum absolute atomic E-state index is 0.0780. The van der Waals surface area contributed by atoms with Crippen LogP contribution in [-0.4, -0.2) is 19.5 Å². The SMILES string of the molecule is O=C(O)c1cccc(CS(=O)(=O)Cc2ccc(Cl)cc2)c1. The molecular weight excluding hydrogens is 312 g/mol. The molecule has 0 spiro atoms. The van der Waals surface area contributed by atoms with Crippen LogP contribution in [0.15, 0.2) is 48.5 Å². The molecule has 0 atom stereocenters. The fraction of sp³-hybridized carbons (Fsp3) is 0.133. The number of halogens is 1. The van der Waals surface area contributed by atoms with E-state index in [0.29, 0.717) is 16.1 Å². The first-order valence-electron chi connectivity index (χ1n) is 6.13. The summed E-state index contributed by atoms with van der Waals surface area (Å²) in [6.45, 7) is 0. The molecule has 0 aliphatic heterocycles. The molecule has 0 heterocycles. The number of benzene rings is 2. The Hall–Kier alpha value is -1.85. The average molecular weight is 325 g/mol. The lowest BCUT2D eigenvalue weighted by atomic mass is 10.1. The molecule has 0 saturated carbocycles. The van der Waals surface area contributed by atoms with Crippen molar-refractivity contribution in [1.29, 1.82) is 0 Å². The van der Waals surface area contributed by atoms with Gasteiger partial charge in [0.2, 0.25) is 0 Å². The summed E-state index contributed by atoms with van der Waals surface area (Å²) >= 11 is 5.75. The molecule has 0 saturated heterocycles. The van der Waals surface area contributed by atoms with Gasteiger partial charge in [-0.25, -0.2) is 13.2 Å². The van der Waals surface area contributed by atoms with Crippen LogP contribution < -0.4 is 0 Å². The molecule has 21 heavy (non-hydrogen) atoms. The maximum atomic E-state index is 12.2. The van der Waals surface area contributed by atoms with E-state index in [1.54, 1.807) is 30.3 Å². The molecule has 2 aromatic rings. The summed E-state index contributed by atoms with van der Waals surface area (Å²) in [4.78, 5) is 10.9. The van der Waals surface area contributed by atoms with Crippen LogP contribution in [0, 0.1) is 0 Å². The first-order valence-corrected chi connectivity index (χ1v) is 8.33. The third-order valence-corrected chi connectivity index (χ3v) is 4.66. The zero-order chi connectivity index (χ0) is 15.5. The predicted molar refractivity (Wildman–Crippen MR) is 81.2 cm³/mol. The van der Waals surface area contributed by atoms with E-state index in [9.17, 15) is 13.2 Å². The molecule has 0 unspecified atom stereocenters. The van der Waals surface area contributed by atoms with Crippen LogP contribution >= 0.6 is 11.6 Å². The molecule has 0 fully saturated rings. The number of carbonyl (C=O) groups is 1.